The van der Waals surface area contributed by atoms with Gasteiger partial charge in [0.1, 0.15) is 5.15 Å². The van der Waals surface area contributed by atoms with E-state index < -0.39 is 4.92 Å². The first-order valence-corrected chi connectivity index (χ1v) is 6.83. The second-order valence-electron chi connectivity index (χ2n) is 5.71. The molecule has 5 nitrogen and oxygen atoms in total. The molecule has 0 unspecified atom stereocenters. The van der Waals surface area contributed by atoms with E-state index in [-0.39, 0.29) is 22.1 Å². The molecule has 0 spiro atoms. The maximum absolute atomic E-state index is 11.0. The molecule has 1 aromatic heterocycles. The molecule has 0 atom stereocenters. The summed E-state index contributed by atoms with van der Waals surface area (Å²) in [6, 6.07) is 10.4. The van der Waals surface area contributed by atoms with E-state index in [1.54, 1.807) is 0 Å². The fourth-order valence-electron chi connectivity index (χ4n) is 1.86. The van der Waals surface area contributed by atoms with Crippen LogP contribution in [0.25, 0.3) is 0 Å². The standard InChI is InChI=1S/C15H16ClN3O2/c1-15(2,3)10-4-6-11(7-5-10)17-14-12(19(20)21)8-9-13(16)18-14/h4-9H,1-3H3,(H,17,18). The zero-order chi connectivity index (χ0) is 15.6. The molecule has 0 saturated heterocycles. The fourth-order valence-corrected chi connectivity index (χ4v) is 2.01. The van der Waals surface area contributed by atoms with E-state index in [4.69, 9.17) is 11.6 Å². The molecular formula is C15H16ClN3O2. The quantitative estimate of drug-likeness (QED) is 0.507. The van der Waals surface area contributed by atoms with Crippen molar-refractivity contribution in [1.82, 2.24) is 4.98 Å². The minimum Gasteiger partial charge on any atom is -0.334 e. The van der Waals surface area contributed by atoms with Crippen LogP contribution in [0.2, 0.25) is 5.15 Å². The van der Waals surface area contributed by atoms with E-state index in [0.717, 1.165) is 5.69 Å². The van der Waals surface area contributed by atoms with Gasteiger partial charge in [-0.3, -0.25) is 10.1 Å². The van der Waals surface area contributed by atoms with Crippen molar-refractivity contribution in [1.29, 1.82) is 0 Å². The smallest absolute Gasteiger partial charge is 0.311 e. The molecule has 0 aliphatic rings. The van der Waals surface area contributed by atoms with Crippen molar-refractivity contribution in [2.75, 3.05) is 5.32 Å². The molecule has 110 valence electrons. The van der Waals surface area contributed by atoms with Crippen LogP contribution in [0.15, 0.2) is 36.4 Å². The van der Waals surface area contributed by atoms with Crippen molar-refractivity contribution in [2.24, 2.45) is 0 Å². The average molecular weight is 306 g/mol. The van der Waals surface area contributed by atoms with Gasteiger partial charge in [-0.1, -0.05) is 44.5 Å². The van der Waals surface area contributed by atoms with Gasteiger partial charge in [-0.15, -0.1) is 0 Å². The highest BCUT2D eigenvalue weighted by Gasteiger charge is 2.17. The van der Waals surface area contributed by atoms with Crippen LogP contribution in [0.3, 0.4) is 0 Å². The number of pyridine rings is 1. The molecule has 2 aromatic rings. The Morgan fingerprint density at radius 3 is 2.29 bits per heavy atom. The summed E-state index contributed by atoms with van der Waals surface area (Å²) in [5.41, 5.74) is 1.85. The van der Waals surface area contributed by atoms with Crippen LogP contribution in [0.1, 0.15) is 26.3 Å². The van der Waals surface area contributed by atoms with Crippen molar-refractivity contribution in [3.8, 4) is 0 Å². The first kappa shape index (κ1) is 15.3. The third kappa shape index (κ3) is 3.70. The summed E-state index contributed by atoms with van der Waals surface area (Å²) in [7, 11) is 0. The van der Waals surface area contributed by atoms with Crippen molar-refractivity contribution < 1.29 is 4.92 Å². The molecule has 0 aliphatic heterocycles. The Balaban J connectivity index is 2.30. The molecule has 0 radical (unpaired) electrons. The summed E-state index contributed by atoms with van der Waals surface area (Å²) in [4.78, 5) is 14.5. The predicted octanol–water partition coefficient (Wildman–Crippen LogP) is 4.68. The molecule has 0 bridgehead atoms. The van der Waals surface area contributed by atoms with Gasteiger partial charge in [-0.25, -0.2) is 4.98 Å². The average Bonchev–Trinajstić information content (AvgIpc) is 2.38. The minimum atomic E-state index is -0.491. The predicted molar refractivity (Wildman–Crippen MR) is 84.3 cm³/mol. The van der Waals surface area contributed by atoms with Crippen LogP contribution in [0.5, 0.6) is 0 Å². The van der Waals surface area contributed by atoms with Gasteiger partial charge in [-0.2, -0.15) is 0 Å². The van der Waals surface area contributed by atoms with Crippen molar-refractivity contribution in [2.45, 2.75) is 26.2 Å². The number of nitrogens with zero attached hydrogens (tertiary/aromatic N) is 2. The number of halogens is 1. The van der Waals surface area contributed by atoms with Gasteiger partial charge in [0.2, 0.25) is 5.82 Å². The normalized spacial score (nSPS) is 11.2. The number of nitrogens with one attached hydrogen (secondary N) is 1. The lowest BCUT2D eigenvalue weighted by Crippen LogP contribution is -2.10. The first-order chi connectivity index (χ1) is 9.77. The molecule has 0 saturated carbocycles. The summed E-state index contributed by atoms with van der Waals surface area (Å²) >= 11 is 5.80. The summed E-state index contributed by atoms with van der Waals surface area (Å²) in [5.74, 6) is 0.135. The van der Waals surface area contributed by atoms with Gasteiger partial charge >= 0.3 is 5.69 Å². The van der Waals surface area contributed by atoms with Gasteiger partial charge in [0.05, 0.1) is 4.92 Å². The van der Waals surface area contributed by atoms with Gasteiger partial charge in [0, 0.05) is 11.8 Å². The van der Waals surface area contributed by atoms with E-state index in [0.29, 0.717) is 0 Å². The van der Waals surface area contributed by atoms with E-state index >= 15 is 0 Å². The summed E-state index contributed by atoms with van der Waals surface area (Å²) in [5, 5.41) is 14.1. The molecule has 1 N–H and O–H groups in total. The zero-order valence-corrected chi connectivity index (χ0v) is 12.8. The first-order valence-electron chi connectivity index (χ1n) is 6.46. The lowest BCUT2D eigenvalue weighted by atomic mass is 9.87. The lowest BCUT2D eigenvalue weighted by molar-refractivity contribution is -0.384. The monoisotopic (exact) mass is 305 g/mol. The number of benzene rings is 1. The Bertz CT molecular complexity index is 664. The van der Waals surface area contributed by atoms with Crippen molar-refractivity contribution >= 4 is 28.8 Å². The highest BCUT2D eigenvalue weighted by Crippen LogP contribution is 2.29. The molecule has 21 heavy (non-hydrogen) atoms. The third-order valence-corrected chi connectivity index (χ3v) is 3.26. The lowest BCUT2D eigenvalue weighted by Gasteiger charge is -2.19. The Labute approximate surface area is 128 Å². The number of hydrogen-bond acceptors (Lipinski definition) is 4. The highest BCUT2D eigenvalue weighted by molar-refractivity contribution is 6.29. The van der Waals surface area contributed by atoms with Gasteiger partial charge in [0.15, 0.2) is 0 Å². The molecule has 0 aliphatic carbocycles. The van der Waals surface area contributed by atoms with E-state index in [1.807, 2.05) is 24.3 Å². The molecule has 2 rings (SSSR count). The zero-order valence-electron chi connectivity index (χ0n) is 12.1. The second-order valence-corrected chi connectivity index (χ2v) is 6.10. The van der Waals surface area contributed by atoms with E-state index in [2.05, 4.69) is 31.1 Å². The van der Waals surface area contributed by atoms with E-state index in [9.17, 15) is 10.1 Å². The molecule has 6 heteroatoms. The molecular weight excluding hydrogens is 290 g/mol. The largest absolute Gasteiger partial charge is 0.334 e. The Morgan fingerprint density at radius 2 is 1.76 bits per heavy atom. The topological polar surface area (TPSA) is 68.1 Å². The Hall–Kier alpha value is -2.14. The molecule has 1 aromatic carbocycles. The second kappa shape index (κ2) is 5.69. The number of aromatic nitrogens is 1. The van der Waals surface area contributed by atoms with Crippen molar-refractivity contribution in [3.05, 3.63) is 57.2 Å². The molecule has 0 fully saturated rings. The number of nitro groups is 1. The SMILES string of the molecule is CC(C)(C)c1ccc(Nc2nc(Cl)ccc2[N+](=O)[O-])cc1. The number of rotatable bonds is 3. The van der Waals surface area contributed by atoms with Crippen LogP contribution in [0.4, 0.5) is 17.2 Å². The summed E-state index contributed by atoms with van der Waals surface area (Å²) in [6.07, 6.45) is 0. The third-order valence-electron chi connectivity index (χ3n) is 3.05. The summed E-state index contributed by atoms with van der Waals surface area (Å²) in [6.45, 7) is 6.37. The van der Waals surface area contributed by atoms with Gasteiger partial charge in [-0.05, 0) is 29.2 Å². The Morgan fingerprint density at radius 1 is 1.14 bits per heavy atom. The van der Waals surface area contributed by atoms with E-state index in [1.165, 1.54) is 17.7 Å². The minimum absolute atomic E-state index is 0.0544. The maximum Gasteiger partial charge on any atom is 0.311 e. The highest BCUT2D eigenvalue weighted by atomic mass is 35.5. The molecule has 0 amide bonds. The van der Waals surface area contributed by atoms with Crippen molar-refractivity contribution in [3.63, 3.8) is 0 Å². The fraction of sp³-hybridized carbons (Fsp3) is 0.267. The van der Waals surface area contributed by atoms with Crippen LogP contribution in [0, 0.1) is 10.1 Å². The van der Waals surface area contributed by atoms with Crippen LogP contribution < -0.4 is 5.32 Å². The maximum atomic E-state index is 11.0. The van der Waals surface area contributed by atoms with Gasteiger partial charge in [0.25, 0.3) is 0 Å². The van der Waals surface area contributed by atoms with Gasteiger partial charge < -0.3 is 5.32 Å². The summed E-state index contributed by atoms with van der Waals surface area (Å²) < 4.78 is 0. The number of hydrogen-bond donors (Lipinski definition) is 1. The van der Waals surface area contributed by atoms with Crippen LogP contribution in [-0.2, 0) is 5.41 Å². The Kier molecular flexibility index (Phi) is 4.14. The number of anilines is 2. The molecule has 1 heterocycles. The van der Waals surface area contributed by atoms with Crippen LogP contribution in [-0.4, -0.2) is 9.91 Å². The van der Waals surface area contributed by atoms with Crippen LogP contribution >= 0.6 is 11.6 Å².